The average Bonchev–Trinajstić information content (AvgIpc) is 3.05. The zero-order chi connectivity index (χ0) is 14.0. The van der Waals surface area contributed by atoms with E-state index in [1.165, 1.54) is 6.07 Å². The van der Waals surface area contributed by atoms with Gasteiger partial charge in [0.15, 0.2) is 0 Å². The molecule has 0 saturated carbocycles. The number of rotatable bonds is 2. The lowest BCUT2D eigenvalue weighted by Gasteiger charge is -2.15. The Morgan fingerprint density at radius 3 is 2.25 bits per heavy atom. The van der Waals surface area contributed by atoms with Gasteiger partial charge in [0.2, 0.25) is 0 Å². The largest absolute Gasteiger partial charge is 0.478 e. The first-order valence-electron chi connectivity index (χ1n) is 6.59. The minimum atomic E-state index is -1.18. The summed E-state index contributed by atoms with van der Waals surface area (Å²) in [5.74, 6) is -1.40. The highest BCUT2D eigenvalue weighted by Gasteiger charge is 2.49. The van der Waals surface area contributed by atoms with Crippen molar-refractivity contribution >= 4 is 11.9 Å². The van der Waals surface area contributed by atoms with Crippen LogP contribution in [0.4, 0.5) is 0 Å². The molecule has 1 aromatic rings. The Kier molecular flexibility index (Phi) is 2.06. The molecule has 4 atom stereocenters. The fraction of sp³-hybridized carbons (Fsp3) is 0.250. The van der Waals surface area contributed by atoms with Crippen LogP contribution in [0.1, 0.15) is 43.7 Å². The van der Waals surface area contributed by atoms with Crippen LogP contribution in [0.25, 0.3) is 0 Å². The van der Waals surface area contributed by atoms with Gasteiger partial charge in [-0.1, -0.05) is 30.4 Å². The molecule has 4 rings (SSSR count). The zero-order valence-corrected chi connectivity index (χ0v) is 10.5. The quantitative estimate of drug-likeness (QED) is 0.808. The van der Waals surface area contributed by atoms with Crippen LogP contribution in [0.5, 0.6) is 0 Å². The third kappa shape index (κ3) is 1.21. The molecule has 4 heteroatoms. The van der Waals surface area contributed by atoms with Crippen molar-refractivity contribution < 1.29 is 19.8 Å². The number of fused-ring (bicyclic) bond motifs is 3. The summed E-state index contributed by atoms with van der Waals surface area (Å²) in [7, 11) is 0. The van der Waals surface area contributed by atoms with Crippen molar-refractivity contribution in [3.8, 4) is 0 Å². The van der Waals surface area contributed by atoms with E-state index in [1.54, 1.807) is 6.07 Å². The summed E-state index contributed by atoms with van der Waals surface area (Å²) in [6.07, 6.45) is 8.44. The van der Waals surface area contributed by atoms with Crippen LogP contribution in [0.15, 0.2) is 36.4 Å². The van der Waals surface area contributed by atoms with Crippen molar-refractivity contribution in [3.05, 3.63) is 58.7 Å². The maximum absolute atomic E-state index is 11.6. The monoisotopic (exact) mass is 268 g/mol. The van der Waals surface area contributed by atoms with Crippen LogP contribution in [-0.2, 0) is 0 Å². The SMILES string of the molecule is O=C(O)c1ccc2c(c1C(=O)O)[C@@H]1C=C[C@@H]3C=C[C@H]2[C@H]31. The fourth-order valence-corrected chi connectivity index (χ4v) is 4.07. The first-order valence-corrected chi connectivity index (χ1v) is 6.59. The van der Waals surface area contributed by atoms with Gasteiger partial charge in [-0.2, -0.15) is 0 Å². The van der Waals surface area contributed by atoms with Crippen LogP contribution in [-0.4, -0.2) is 22.2 Å². The minimum Gasteiger partial charge on any atom is -0.478 e. The van der Waals surface area contributed by atoms with Gasteiger partial charge in [-0.15, -0.1) is 0 Å². The third-order valence-corrected chi connectivity index (χ3v) is 4.77. The molecule has 0 fully saturated rings. The first kappa shape index (κ1) is 11.5. The van der Waals surface area contributed by atoms with Crippen molar-refractivity contribution in [1.82, 2.24) is 0 Å². The smallest absolute Gasteiger partial charge is 0.336 e. The van der Waals surface area contributed by atoms with Gasteiger partial charge in [-0.05, 0) is 29.0 Å². The topological polar surface area (TPSA) is 74.6 Å². The van der Waals surface area contributed by atoms with Crippen LogP contribution in [0.2, 0.25) is 0 Å². The van der Waals surface area contributed by atoms with Gasteiger partial charge in [0, 0.05) is 11.8 Å². The molecule has 0 heterocycles. The molecule has 0 aliphatic heterocycles. The summed E-state index contributed by atoms with van der Waals surface area (Å²) in [4.78, 5) is 22.9. The van der Waals surface area contributed by atoms with Gasteiger partial charge in [0.1, 0.15) is 0 Å². The van der Waals surface area contributed by atoms with E-state index in [4.69, 9.17) is 0 Å². The summed E-state index contributed by atoms with van der Waals surface area (Å²) in [5, 5.41) is 18.7. The lowest BCUT2D eigenvalue weighted by atomic mass is 9.87. The first-order chi connectivity index (χ1) is 9.59. The Labute approximate surface area is 115 Å². The molecule has 100 valence electrons. The predicted molar refractivity (Wildman–Crippen MR) is 71.1 cm³/mol. The molecule has 2 N–H and O–H groups in total. The maximum atomic E-state index is 11.6. The highest BCUT2D eigenvalue weighted by atomic mass is 16.4. The summed E-state index contributed by atoms with van der Waals surface area (Å²) in [5.41, 5.74) is 1.53. The van der Waals surface area contributed by atoms with E-state index in [0.717, 1.165) is 5.56 Å². The molecule has 0 saturated heterocycles. The van der Waals surface area contributed by atoms with Gasteiger partial charge in [0.05, 0.1) is 11.1 Å². The number of carboxylic acid groups (broad SMARTS) is 2. The Morgan fingerprint density at radius 2 is 1.60 bits per heavy atom. The molecule has 0 amide bonds. The van der Waals surface area contributed by atoms with Crippen molar-refractivity contribution in [2.24, 2.45) is 11.8 Å². The lowest BCUT2D eigenvalue weighted by Crippen LogP contribution is -2.13. The molecule has 4 nitrogen and oxygen atoms in total. The van der Waals surface area contributed by atoms with Crippen molar-refractivity contribution in [3.63, 3.8) is 0 Å². The maximum Gasteiger partial charge on any atom is 0.336 e. The molecule has 20 heavy (non-hydrogen) atoms. The molecule has 0 radical (unpaired) electrons. The number of carbonyl (C=O) groups is 2. The molecule has 0 aromatic heterocycles. The second-order valence-electron chi connectivity index (χ2n) is 5.58. The van der Waals surface area contributed by atoms with Gasteiger partial charge < -0.3 is 10.2 Å². The molecule has 3 aliphatic rings. The molecular formula is C16H12O4. The zero-order valence-electron chi connectivity index (χ0n) is 10.5. The van der Waals surface area contributed by atoms with E-state index in [1.807, 2.05) is 6.08 Å². The Hall–Kier alpha value is -2.36. The Morgan fingerprint density at radius 1 is 0.900 bits per heavy atom. The Balaban J connectivity index is 2.03. The van der Waals surface area contributed by atoms with Gasteiger partial charge in [0.25, 0.3) is 0 Å². The molecular weight excluding hydrogens is 256 g/mol. The van der Waals surface area contributed by atoms with E-state index in [9.17, 15) is 19.8 Å². The molecule has 1 aromatic carbocycles. The van der Waals surface area contributed by atoms with Crippen LogP contribution in [0, 0.1) is 11.8 Å². The normalized spacial score (nSPS) is 31.4. The Bertz CT molecular complexity index is 713. The predicted octanol–water partition coefficient (Wildman–Crippen LogP) is 2.64. The molecule has 0 bridgehead atoms. The van der Waals surface area contributed by atoms with E-state index < -0.39 is 11.9 Å². The lowest BCUT2D eigenvalue weighted by molar-refractivity contribution is 0.0650. The molecule has 0 unspecified atom stereocenters. The third-order valence-electron chi connectivity index (χ3n) is 4.77. The standard InChI is InChI=1S/C16H12O4/c17-15(18)11-6-5-9-8-3-1-7-2-4-10(12(7)8)13(9)14(11)16(19)20/h1-8,10,12H,(H,17,18)(H,19,20)/t7-,8+,10+,12-/m0/s1. The average molecular weight is 268 g/mol. The van der Waals surface area contributed by atoms with Crippen molar-refractivity contribution in [2.75, 3.05) is 0 Å². The van der Waals surface area contributed by atoms with Crippen molar-refractivity contribution in [1.29, 1.82) is 0 Å². The minimum absolute atomic E-state index is 0.0281. The number of allylic oxidation sites excluding steroid dienone is 4. The van der Waals surface area contributed by atoms with Gasteiger partial charge in [-0.25, -0.2) is 9.59 Å². The van der Waals surface area contributed by atoms with Crippen LogP contribution >= 0.6 is 0 Å². The summed E-state index contributed by atoms with van der Waals surface area (Å²) >= 11 is 0. The number of aromatic carboxylic acids is 2. The molecule has 3 aliphatic carbocycles. The second kappa shape index (κ2) is 3.60. The van der Waals surface area contributed by atoms with Crippen LogP contribution < -0.4 is 0 Å². The molecule has 0 spiro atoms. The second-order valence-corrected chi connectivity index (χ2v) is 5.58. The number of hydrogen-bond acceptors (Lipinski definition) is 2. The highest BCUT2D eigenvalue weighted by molar-refractivity contribution is 6.03. The van der Waals surface area contributed by atoms with Crippen molar-refractivity contribution in [2.45, 2.75) is 11.8 Å². The summed E-state index contributed by atoms with van der Waals surface area (Å²) in [6.45, 7) is 0. The number of carboxylic acids is 2. The van der Waals surface area contributed by atoms with Gasteiger partial charge >= 0.3 is 11.9 Å². The fourth-order valence-electron chi connectivity index (χ4n) is 4.07. The van der Waals surface area contributed by atoms with E-state index in [2.05, 4.69) is 18.2 Å². The van der Waals surface area contributed by atoms with E-state index in [-0.39, 0.29) is 23.0 Å². The summed E-state index contributed by atoms with van der Waals surface area (Å²) < 4.78 is 0. The van der Waals surface area contributed by atoms with E-state index >= 15 is 0 Å². The van der Waals surface area contributed by atoms with Gasteiger partial charge in [-0.3, -0.25) is 0 Å². The highest BCUT2D eigenvalue weighted by Crippen LogP contribution is 2.59. The van der Waals surface area contributed by atoms with Crippen LogP contribution in [0.3, 0.4) is 0 Å². The van der Waals surface area contributed by atoms with E-state index in [0.29, 0.717) is 17.4 Å². The number of hydrogen-bond donors (Lipinski definition) is 2. The number of benzene rings is 1. The summed E-state index contributed by atoms with van der Waals surface area (Å²) in [6, 6.07) is 3.21.